The van der Waals surface area contributed by atoms with Crippen LogP contribution in [0.25, 0.3) is 0 Å². The second-order valence-corrected chi connectivity index (χ2v) is 5.48. The van der Waals surface area contributed by atoms with Crippen LogP contribution >= 0.6 is 0 Å². The first-order valence-corrected chi connectivity index (χ1v) is 8.08. The van der Waals surface area contributed by atoms with Crippen LogP contribution in [-0.2, 0) is 16.1 Å². The molecule has 2 N–H and O–H groups in total. The standard InChI is InChI=1S/C19H19N3O6/c1-27-14-6-3-12(4-7-14)10-20-17(23)18(24)22-21-11-13-5-8-16(28-2)15(9-13)19(25)26/h3-9,11H,10H2,1-2H3,(H,20,23)(H,22,24)(H,25,26)/p-1/b21-11-. The molecule has 0 aliphatic carbocycles. The molecule has 2 aromatic rings. The second kappa shape index (κ2) is 9.72. The molecule has 0 saturated carbocycles. The summed E-state index contributed by atoms with van der Waals surface area (Å²) < 4.78 is 9.95. The Morgan fingerprint density at radius 3 is 2.36 bits per heavy atom. The van der Waals surface area contributed by atoms with E-state index in [1.807, 2.05) is 0 Å². The highest BCUT2D eigenvalue weighted by atomic mass is 16.5. The summed E-state index contributed by atoms with van der Waals surface area (Å²) in [6.45, 7) is 0.160. The molecule has 0 aliphatic heterocycles. The fourth-order valence-electron chi connectivity index (χ4n) is 2.19. The monoisotopic (exact) mass is 384 g/mol. The molecule has 0 unspecified atom stereocenters. The Kier molecular flexibility index (Phi) is 7.09. The first-order valence-electron chi connectivity index (χ1n) is 8.08. The van der Waals surface area contributed by atoms with Gasteiger partial charge in [0.05, 0.1) is 26.4 Å². The maximum Gasteiger partial charge on any atom is 0.329 e. The van der Waals surface area contributed by atoms with E-state index in [0.717, 1.165) is 5.56 Å². The molecular weight excluding hydrogens is 366 g/mol. The Balaban J connectivity index is 1.89. The lowest BCUT2D eigenvalue weighted by Gasteiger charge is -2.09. The van der Waals surface area contributed by atoms with Gasteiger partial charge in [0.25, 0.3) is 0 Å². The first kappa shape index (κ1) is 20.4. The highest BCUT2D eigenvalue weighted by Crippen LogP contribution is 2.18. The number of methoxy groups -OCH3 is 2. The lowest BCUT2D eigenvalue weighted by atomic mass is 10.1. The van der Waals surface area contributed by atoms with Crippen molar-refractivity contribution in [3.05, 3.63) is 59.2 Å². The minimum Gasteiger partial charge on any atom is -0.545 e. The molecule has 9 nitrogen and oxygen atoms in total. The Morgan fingerprint density at radius 1 is 1.04 bits per heavy atom. The average Bonchev–Trinajstić information content (AvgIpc) is 2.72. The maximum atomic E-state index is 11.8. The van der Waals surface area contributed by atoms with Crippen molar-refractivity contribution in [3.8, 4) is 11.5 Å². The van der Waals surface area contributed by atoms with Gasteiger partial charge >= 0.3 is 11.8 Å². The number of hydrogen-bond acceptors (Lipinski definition) is 7. The lowest BCUT2D eigenvalue weighted by Crippen LogP contribution is -2.37. The molecule has 0 aromatic heterocycles. The number of ether oxygens (including phenoxy) is 2. The van der Waals surface area contributed by atoms with Gasteiger partial charge in [-0.2, -0.15) is 5.10 Å². The zero-order chi connectivity index (χ0) is 20.5. The molecule has 0 saturated heterocycles. The number of benzene rings is 2. The molecule has 0 radical (unpaired) electrons. The van der Waals surface area contributed by atoms with Gasteiger partial charge in [-0.3, -0.25) is 9.59 Å². The minimum atomic E-state index is -1.41. The van der Waals surface area contributed by atoms with Crippen LogP contribution in [0.4, 0.5) is 0 Å². The van der Waals surface area contributed by atoms with Crippen LogP contribution in [0, 0.1) is 0 Å². The van der Waals surface area contributed by atoms with Gasteiger partial charge in [0.15, 0.2) is 0 Å². The predicted molar refractivity (Wildman–Crippen MR) is 97.9 cm³/mol. The number of hydrazone groups is 1. The molecule has 28 heavy (non-hydrogen) atoms. The predicted octanol–water partition coefficient (Wildman–Crippen LogP) is -0.166. The summed E-state index contributed by atoms with van der Waals surface area (Å²) >= 11 is 0. The second-order valence-electron chi connectivity index (χ2n) is 5.48. The van der Waals surface area contributed by atoms with Gasteiger partial charge in [-0.05, 0) is 41.5 Å². The number of carboxylic acids is 1. The van der Waals surface area contributed by atoms with Crippen molar-refractivity contribution >= 4 is 24.0 Å². The number of carboxylic acid groups (broad SMARTS) is 1. The molecule has 0 heterocycles. The Morgan fingerprint density at radius 2 is 1.75 bits per heavy atom. The zero-order valence-electron chi connectivity index (χ0n) is 15.2. The van der Waals surface area contributed by atoms with Crippen molar-refractivity contribution in [2.24, 2.45) is 5.10 Å². The summed E-state index contributed by atoms with van der Waals surface area (Å²) in [6, 6.07) is 11.2. The molecule has 0 bridgehead atoms. The van der Waals surface area contributed by atoms with Crippen LogP contribution in [0.3, 0.4) is 0 Å². The van der Waals surface area contributed by atoms with Gasteiger partial charge < -0.3 is 24.7 Å². The van der Waals surface area contributed by atoms with Crippen LogP contribution in [0.1, 0.15) is 21.5 Å². The summed E-state index contributed by atoms with van der Waals surface area (Å²) in [5, 5.41) is 17.2. The molecule has 0 spiro atoms. The van der Waals surface area contributed by atoms with Crippen molar-refractivity contribution in [2.75, 3.05) is 14.2 Å². The van der Waals surface area contributed by atoms with E-state index in [0.29, 0.717) is 11.3 Å². The Bertz CT molecular complexity index is 893. The average molecular weight is 384 g/mol. The third-order valence-corrected chi connectivity index (χ3v) is 3.64. The summed E-state index contributed by atoms with van der Waals surface area (Å²) in [7, 11) is 2.88. The van der Waals surface area contributed by atoms with E-state index in [9.17, 15) is 19.5 Å². The van der Waals surface area contributed by atoms with Crippen LogP contribution < -0.4 is 25.3 Å². The number of aromatic carboxylic acids is 1. The molecular formula is C19H18N3O6-. The fourth-order valence-corrected chi connectivity index (χ4v) is 2.19. The van der Waals surface area contributed by atoms with Gasteiger partial charge in [0.2, 0.25) is 0 Å². The summed E-state index contributed by atoms with van der Waals surface area (Å²) in [5.41, 5.74) is 3.07. The zero-order valence-corrected chi connectivity index (χ0v) is 15.2. The van der Waals surface area contributed by atoms with Crippen LogP contribution in [0.5, 0.6) is 11.5 Å². The van der Waals surface area contributed by atoms with Crippen LogP contribution in [-0.4, -0.2) is 38.2 Å². The third-order valence-electron chi connectivity index (χ3n) is 3.64. The number of carbonyl (C=O) groups excluding carboxylic acids is 3. The fraction of sp³-hybridized carbons (Fsp3) is 0.158. The van der Waals surface area contributed by atoms with Crippen molar-refractivity contribution in [3.63, 3.8) is 0 Å². The summed E-state index contributed by atoms with van der Waals surface area (Å²) in [6.07, 6.45) is 1.19. The number of rotatable bonds is 7. The number of carbonyl (C=O) groups is 3. The molecule has 2 aromatic carbocycles. The van der Waals surface area contributed by atoms with Crippen molar-refractivity contribution < 1.29 is 29.0 Å². The van der Waals surface area contributed by atoms with Crippen molar-refractivity contribution in [2.45, 2.75) is 6.54 Å². The van der Waals surface area contributed by atoms with Gasteiger partial charge in [0.1, 0.15) is 11.5 Å². The van der Waals surface area contributed by atoms with Gasteiger partial charge in [0, 0.05) is 12.1 Å². The summed E-state index contributed by atoms with van der Waals surface area (Å²) in [4.78, 5) is 34.6. The van der Waals surface area contributed by atoms with Gasteiger partial charge in [-0.25, -0.2) is 5.43 Å². The smallest absolute Gasteiger partial charge is 0.329 e. The van der Waals surface area contributed by atoms with E-state index in [1.54, 1.807) is 31.4 Å². The van der Waals surface area contributed by atoms with Gasteiger partial charge in [-0.15, -0.1) is 0 Å². The minimum absolute atomic E-state index is 0.138. The molecule has 2 rings (SSSR count). The topological polar surface area (TPSA) is 129 Å². The quantitative estimate of drug-likeness (QED) is 0.387. The van der Waals surface area contributed by atoms with E-state index in [-0.39, 0.29) is 17.9 Å². The molecule has 0 atom stereocenters. The van der Waals surface area contributed by atoms with E-state index < -0.39 is 17.8 Å². The van der Waals surface area contributed by atoms with Crippen LogP contribution in [0.2, 0.25) is 0 Å². The Labute approximate surface area is 161 Å². The molecule has 0 fully saturated rings. The third kappa shape index (κ3) is 5.56. The van der Waals surface area contributed by atoms with Crippen molar-refractivity contribution in [1.29, 1.82) is 0 Å². The molecule has 9 heteroatoms. The first-order chi connectivity index (χ1) is 13.4. The highest BCUT2D eigenvalue weighted by Gasteiger charge is 2.12. The van der Waals surface area contributed by atoms with Crippen molar-refractivity contribution in [1.82, 2.24) is 10.7 Å². The number of amides is 2. The van der Waals surface area contributed by atoms with Crippen LogP contribution in [0.15, 0.2) is 47.6 Å². The summed E-state index contributed by atoms with van der Waals surface area (Å²) in [5.74, 6) is -2.41. The van der Waals surface area contributed by atoms with E-state index in [1.165, 1.54) is 31.5 Å². The molecule has 0 aliphatic rings. The largest absolute Gasteiger partial charge is 0.545 e. The normalized spacial score (nSPS) is 10.4. The number of hydrogen-bond donors (Lipinski definition) is 2. The van der Waals surface area contributed by atoms with Gasteiger partial charge in [-0.1, -0.05) is 12.1 Å². The van der Waals surface area contributed by atoms with E-state index in [4.69, 9.17) is 9.47 Å². The highest BCUT2D eigenvalue weighted by molar-refractivity contribution is 6.35. The molecule has 146 valence electrons. The Hall–Kier alpha value is -3.88. The molecule has 2 amide bonds. The SMILES string of the molecule is COc1ccc(CNC(=O)C(=O)N/N=C\c2ccc(OC)c(C(=O)[O-])c2)cc1. The number of nitrogens with one attached hydrogen (secondary N) is 2. The van der Waals surface area contributed by atoms with E-state index in [2.05, 4.69) is 15.8 Å². The maximum absolute atomic E-state index is 11.8. The van der Waals surface area contributed by atoms with E-state index >= 15 is 0 Å². The lowest BCUT2D eigenvalue weighted by molar-refractivity contribution is -0.255. The number of nitrogens with zero attached hydrogens (tertiary/aromatic N) is 1.